The number of ether oxygens (including phenoxy) is 1. The summed E-state index contributed by atoms with van der Waals surface area (Å²) in [5.41, 5.74) is 2.61. The van der Waals surface area contributed by atoms with Gasteiger partial charge in [0.1, 0.15) is 10.6 Å². The molecule has 3 aromatic rings. The van der Waals surface area contributed by atoms with E-state index in [-0.39, 0.29) is 5.56 Å². The van der Waals surface area contributed by atoms with Crippen molar-refractivity contribution >= 4 is 27.5 Å². The number of rotatable bonds is 7. The number of methoxy groups -OCH3 is 1. The van der Waals surface area contributed by atoms with Gasteiger partial charge in [0, 0.05) is 18.0 Å². The van der Waals surface area contributed by atoms with Crippen LogP contribution in [0.25, 0.3) is 10.2 Å². The van der Waals surface area contributed by atoms with Crippen LogP contribution in [-0.2, 0) is 25.8 Å². The molecule has 1 aliphatic rings. The minimum absolute atomic E-state index is 0.123. The van der Waals surface area contributed by atoms with E-state index in [1.54, 1.807) is 18.4 Å². The fourth-order valence-corrected chi connectivity index (χ4v) is 5.17. The van der Waals surface area contributed by atoms with Gasteiger partial charge in [0.05, 0.1) is 12.5 Å². The lowest BCUT2D eigenvalue weighted by molar-refractivity contribution is 0.414. The molecule has 2 heterocycles. The first-order valence-corrected chi connectivity index (χ1v) is 10.9. The van der Waals surface area contributed by atoms with E-state index in [9.17, 15) is 4.79 Å². The summed E-state index contributed by atoms with van der Waals surface area (Å²) in [5, 5.41) is 4.29. The maximum absolute atomic E-state index is 13.3. The molecule has 0 spiro atoms. The van der Waals surface area contributed by atoms with Gasteiger partial charge in [-0.15, -0.1) is 11.3 Å². The molecule has 148 valence electrons. The molecule has 0 saturated carbocycles. The number of nitrogens with one attached hydrogen (secondary N) is 1. The minimum Gasteiger partial charge on any atom is -0.497 e. The minimum atomic E-state index is 0.123. The number of fused-ring (bicyclic) bond motifs is 3. The highest BCUT2D eigenvalue weighted by molar-refractivity contribution is 7.18. The molecular formula is C22H27N3O2S. The lowest BCUT2D eigenvalue weighted by Gasteiger charge is -2.14. The van der Waals surface area contributed by atoms with E-state index in [1.165, 1.54) is 28.8 Å². The second kappa shape index (κ2) is 8.35. The van der Waals surface area contributed by atoms with Crippen LogP contribution >= 0.6 is 11.3 Å². The number of hydrogen-bond donors (Lipinski definition) is 1. The molecule has 1 aromatic carbocycles. The van der Waals surface area contributed by atoms with Crippen molar-refractivity contribution in [2.75, 3.05) is 19.0 Å². The molecule has 1 N–H and O–H groups in total. The van der Waals surface area contributed by atoms with Crippen molar-refractivity contribution in [2.45, 2.75) is 52.0 Å². The monoisotopic (exact) mass is 397 g/mol. The summed E-state index contributed by atoms with van der Waals surface area (Å²) in [6.07, 6.45) is 6.27. The van der Waals surface area contributed by atoms with Gasteiger partial charge in [-0.05, 0) is 61.8 Å². The molecule has 0 aliphatic heterocycles. The molecule has 0 bridgehead atoms. The molecule has 5 nitrogen and oxygen atoms in total. The van der Waals surface area contributed by atoms with Crippen LogP contribution in [-0.4, -0.2) is 23.2 Å². The van der Waals surface area contributed by atoms with Gasteiger partial charge in [-0.25, -0.2) is 4.98 Å². The van der Waals surface area contributed by atoms with Crippen LogP contribution < -0.4 is 15.6 Å². The average Bonchev–Trinajstić information content (AvgIpc) is 3.09. The molecule has 28 heavy (non-hydrogen) atoms. The van der Waals surface area contributed by atoms with Gasteiger partial charge in [-0.1, -0.05) is 19.1 Å². The second-order valence-electron chi connectivity index (χ2n) is 7.31. The zero-order valence-corrected chi connectivity index (χ0v) is 17.4. The summed E-state index contributed by atoms with van der Waals surface area (Å²) in [4.78, 5) is 20.4. The summed E-state index contributed by atoms with van der Waals surface area (Å²) in [6, 6.07) is 8.10. The fourth-order valence-electron chi connectivity index (χ4n) is 3.92. The molecule has 6 heteroatoms. The predicted molar refractivity (Wildman–Crippen MR) is 116 cm³/mol. The standard InChI is InChI=1S/C22H27N3O2S/c1-3-14-25-21(26)19-17-6-4-5-7-18(17)28-20(19)24-22(25)23-13-12-15-8-10-16(27-2)11-9-15/h8-11H,3-7,12-14H2,1-2H3,(H,23,24). The highest BCUT2D eigenvalue weighted by Crippen LogP contribution is 2.34. The summed E-state index contributed by atoms with van der Waals surface area (Å²) >= 11 is 1.71. The van der Waals surface area contributed by atoms with Gasteiger partial charge in [0.15, 0.2) is 0 Å². The van der Waals surface area contributed by atoms with E-state index in [2.05, 4.69) is 24.4 Å². The van der Waals surface area contributed by atoms with Crippen LogP contribution in [0.15, 0.2) is 29.1 Å². The Morgan fingerprint density at radius 1 is 1.21 bits per heavy atom. The Kier molecular flexibility index (Phi) is 5.67. The lowest BCUT2D eigenvalue weighted by Crippen LogP contribution is -2.26. The molecule has 4 rings (SSSR count). The smallest absolute Gasteiger partial charge is 0.263 e. The van der Waals surface area contributed by atoms with Crippen LogP contribution in [0, 0.1) is 0 Å². The third-order valence-electron chi connectivity index (χ3n) is 5.38. The summed E-state index contributed by atoms with van der Waals surface area (Å²) < 4.78 is 7.04. The van der Waals surface area contributed by atoms with Crippen molar-refractivity contribution in [2.24, 2.45) is 0 Å². The van der Waals surface area contributed by atoms with Gasteiger partial charge in [0.2, 0.25) is 5.95 Å². The summed E-state index contributed by atoms with van der Waals surface area (Å²) in [5.74, 6) is 1.56. The summed E-state index contributed by atoms with van der Waals surface area (Å²) in [7, 11) is 1.67. The van der Waals surface area contributed by atoms with Crippen molar-refractivity contribution in [3.8, 4) is 5.75 Å². The van der Waals surface area contributed by atoms with Gasteiger partial charge in [-0.2, -0.15) is 0 Å². The first-order valence-electron chi connectivity index (χ1n) is 10.1. The third-order valence-corrected chi connectivity index (χ3v) is 6.56. The molecule has 0 atom stereocenters. The van der Waals surface area contributed by atoms with Crippen molar-refractivity contribution < 1.29 is 4.74 Å². The lowest BCUT2D eigenvalue weighted by atomic mass is 9.97. The maximum Gasteiger partial charge on any atom is 0.263 e. The molecule has 0 fully saturated rings. The van der Waals surface area contributed by atoms with Crippen molar-refractivity contribution in [3.63, 3.8) is 0 Å². The Hall–Kier alpha value is -2.34. The van der Waals surface area contributed by atoms with Crippen LogP contribution in [0.5, 0.6) is 5.75 Å². The quantitative estimate of drug-likeness (QED) is 0.642. The molecule has 2 aromatic heterocycles. The molecule has 0 unspecified atom stereocenters. The summed E-state index contributed by atoms with van der Waals surface area (Å²) in [6.45, 7) is 3.52. The zero-order chi connectivity index (χ0) is 19.5. The molecular weight excluding hydrogens is 370 g/mol. The van der Waals surface area contributed by atoms with Gasteiger partial charge >= 0.3 is 0 Å². The highest BCUT2D eigenvalue weighted by atomic mass is 32.1. The maximum atomic E-state index is 13.3. The Bertz CT molecular complexity index is 1020. The normalized spacial score (nSPS) is 13.5. The Labute approximate surface area is 169 Å². The number of nitrogens with zero attached hydrogens (tertiary/aromatic N) is 2. The third kappa shape index (κ3) is 3.65. The van der Waals surface area contributed by atoms with E-state index >= 15 is 0 Å². The van der Waals surface area contributed by atoms with Crippen LogP contribution in [0.1, 0.15) is 42.2 Å². The number of aromatic nitrogens is 2. The van der Waals surface area contributed by atoms with E-state index in [1.807, 2.05) is 16.7 Å². The van der Waals surface area contributed by atoms with E-state index in [0.29, 0.717) is 12.5 Å². The number of benzene rings is 1. The molecule has 0 saturated heterocycles. The first kappa shape index (κ1) is 19.0. The molecule has 0 radical (unpaired) electrons. The number of thiophene rings is 1. The number of anilines is 1. The number of hydrogen-bond acceptors (Lipinski definition) is 5. The van der Waals surface area contributed by atoms with Crippen LogP contribution in [0.3, 0.4) is 0 Å². The van der Waals surface area contributed by atoms with Crippen LogP contribution in [0.2, 0.25) is 0 Å². The van der Waals surface area contributed by atoms with Crippen molar-refractivity contribution in [3.05, 3.63) is 50.6 Å². The molecule has 0 amide bonds. The highest BCUT2D eigenvalue weighted by Gasteiger charge is 2.21. The van der Waals surface area contributed by atoms with Gasteiger partial charge < -0.3 is 10.1 Å². The average molecular weight is 398 g/mol. The van der Waals surface area contributed by atoms with Crippen LogP contribution in [0.4, 0.5) is 5.95 Å². The Morgan fingerprint density at radius 2 is 2.00 bits per heavy atom. The number of aryl methyl sites for hydroxylation is 2. The van der Waals surface area contributed by atoms with Gasteiger partial charge in [0.25, 0.3) is 5.56 Å². The topological polar surface area (TPSA) is 56.1 Å². The van der Waals surface area contributed by atoms with Crippen molar-refractivity contribution in [1.29, 1.82) is 0 Å². The van der Waals surface area contributed by atoms with E-state index in [4.69, 9.17) is 9.72 Å². The van der Waals surface area contributed by atoms with E-state index in [0.717, 1.165) is 48.2 Å². The fraction of sp³-hybridized carbons (Fsp3) is 0.455. The zero-order valence-electron chi connectivity index (χ0n) is 16.6. The Morgan fingerprint density at radius 3 is 2.75 bits per heavy atom. The second-order valence-corrected chi connectivity index (χ2v) is 8.39. The molecule has 1 aliphatic carbocycles. The predicted octanol–water partition coefficient (Wildman–Crippen LogP) is 4.41. The SMILES string of the molecule is CCCn1c(NCCc2ccc(OC)cc2)nc2sc3c(c2c1=O)CCCC3. The van der Waals surface area contributed by atoms with Gasteiger partial charge in [-0.3, -0.25) is 9.36 Å². The Balaban J connectivity index is 1.60. The van der Waals surface area contributed by atoms with Crippen molar-refractivity contribution in [1.82, 2.24) is 9.55 Å². The first-order chi connectivity index (χ1) is 13.7. The van der Waals surface area contributed by atoms with E-state index < -0.39 is 0 Å². The largest absolute Gasteiger partial charge is 0.497 e.